The number of amides is 1. The standard InChI is InChI=1S/C17H22N4O5/c1-11-17(21(23)24)12(2)20(19-11)10-16(22)18-8-7-13-5-6-14(25-3)15(9-13)26-4/h5-6,9H,7-8,10H2,1-4H3,(H,18,22). The second-order valence-corrected chi connectivity index (χ2v) is 5.72. The third-order valence-electron chi connectivity index (χ3n) is 4.00. The Morgan fingerprint density at radius 2 is 1.96 bits per heavy atom. The summed E-state index contributed by atoms with van der Waals surface area (Å²) in [7, 11) is 3.14. The number of hydrogen-bond donors (Lipinski definition) is 1. The molecule has 1 heterocycles. The van der Waals surface area contributed by atoms with Crippen molar-refractivity contribution < 1.29 is 19.2 Å². The summed E-state index contributed by atoms with van der Waals surface area (Å²) in [5, 5.41) is 17.9. The van der Waals surface area contributed by atoms with Gasteiger partial charge in [-0.3, -0.25) is 19.6 Å². The van der Waals surface area contributed by atoms with Gasteiger partial charge in [0.2, 0.25) is 5.91 Å². The predicted molar refractivity (Wildman–Crippen MR) is 94.6 cm³/mol. The highest BCUT2D eigenvalue weighted by molar-refractivity contribution is 5.75. The van der Waals surface area contributed by atoms with Crippen molar-refractivity contribution in [2.75, 3.05) is 20.8 Å². The first-order valence-electron chi connectivity index (χ1n) is 8.03. The number of nitrogens with zero attached hydrogens (tertiary/aromatic N) is 3. The van der Waals surface area contributed by atoms with Crippen LogP contribution in [0.5, 0.6) is 11.5 Å². The van der Waals surface area contributed by atoms with E-state index in [4.69, 9.17) is 9.47 Å². The number of carbonyl (C=O) groups excluding carboxylic acids is 1. The second kappa shape index (κ2) is 8.32. The van der Waals surface area contributed by atoms with Crippen molar-refractivity contribution in [3.8, 4) is 11.5 Å². The van der Waals surface area contributed by atoms with Crippen LogP contribution in [0, 0.1) is 24.0 Å². The SMILES string of the molecule is COc1ccc(CCNC(=O)Cn2nc(C)c([N+](=O)[O-])c2C)cc1OC. The molecular formula is C17H22N4O5. The second-order valence-electron chi connectivity index (χ2n) is 5.72. The molecule has 1 amide bonds. The zero-order chi connectivity index (χ0) is 19.3. The average molecular weight is 362 g/mol. The normalized spacial score (nSPS) is 10.5. The Balaban J connectivity index is 1.92. The number of aryl methyl sites for hydroxylation is 1. The molecule has 26 heavy (non-hydrogen) atoms. The number of aromatic nitrogens is 2. The zero-order valence-corrected chi connectivity index (χ0v) is 15.2. The van der Waals surface area contributed by atoms with E-state index < -0.39 is 4.92 Å². The molecule has 0 radical (unpaired) electrons. The maximum Gasteiger partial charge on any atom is 0.312 e. The van der Waals surface area contributed by atoms with Gasteiger partial charge in [0, 0.05) is 6.54 Å². The van der Waals surface area contributed by atoms with Gasteiger partial charge in [0.15, 0.2) is 11.5 Å². The Morgan fingerprint density at radius 1 is 1.27 bits per heavy atom. The Kier molecular flexibility index (Phi) is 6.16. The molecule has 0 aliphatic carbocycles. The smallest absolute Gasteiger partial charge is 0.312 e. The van der Waals surface area contributed by atoms with Gasteiger partial charge in [-0.1, -0.05) is 6.07 Å². The number of benzene rings is 1. The lowest BCUT2D eigenvalue weighted by molar-refractivity contribution is -0.386. The number of rotatable bonds is 8. The Morgan fingerprint density at radius 3 is 2.54 bits per heavy atom. The van der Waals surface area contributed by atoms with E-state index in [1.807, 2.05) is 18.2 Å². The van der Waals surface area contributed by atoms with Crippen LogP contribution in [0.4, 0.5) is 5.69 Å². The Hall–Kier alpha value is -3.10. The van der Waals surface area contributed by atoms with Gasteiger partial charge in [-0.25, -0.2) is 0 Å². The van der Waals surface area contributed by atoms with Crippen molar-refractivity contribution in [2.45, 2.75) is 26.8 Å². The van der Waals surface area contributed by atoms with E-state index in [0.29, 0.717) is 35.9 Å². The van der Waals surface area contributed by atoms with Crippen LogP contribution in [-0.2, 0) is 17.8 Å². The number of nitro groups is 1. The number of methoxy groups -OCH3 is 2. The maximum atomic E-state index is 12.1. The predicted octanol–water partition coefficient (Wildman–Crippen LogP) is 1.78. The van der Waals surface area contributed by atoms with Crippen molar-refractivity contribution in [3.63, 3.8) is 0 Å². The molecule has 140 valence electrons. The first-order chi connectivity index (χ1) is 12.4. The highest BCUT2D eigenvalue weighted by Gasteiger charge is 2.22. The van der Waals surface area contributed by atoms with Crippen LogP contribution in [0.3, 0.4) is 0 Å². The molecule has 1 aromatic heterocycles. The van der Waals surface area contributed by atoms with Crippen LogP contribution in [0.15, 0.2) is 18.2 Å². The Bertz CT molecular complexity index is 816. The van der Waals surface area contributed by atoms with E-state index in [1.165, 1.54) is 4.68 Å². The molecule has 1 N–H and O–H groups in total. The highest BCUT2D eigenvalue weighted by atomic mass is 16.6. The third kappa shape index (κ3) is 4.29. The van der Waals surface area contributed by atoms with Crippen molar-refractivity contribution in [1.29, 1.82) is 0 Å². The van der Waals surface area contributed by atoms with Crippen LogP contribution in [0.1, 0.15) is 17.0 Å². The maximum absolute atomic E-state index is 12.1. The molecule has 2 rings (SSSR count). The topological polar surface area (TPSA) is 109 Å². The molecule has 0 atom stereocenters. The lowest BCUT2D eigenvalue weighted by Crippen LogP contribution is -2.30. The van der Waals surface area contributed by atoms with Gasteiger partial charge in [-0.05, 0) is 38.0 Å². The van der Waals surface area contributed by atoms with Crippen LogP contribution >= 0.6 is 0 Å². The van der Waals surface area contributed by atoms with Gasteiger partial charge in [0.05, 0.1) is 19.1 Å². The molecule has 0 saturated carbocycles. The van der Waals surface area contributed by atoms with Gasteiger partial charge in [-0.15, -0.1) is 0 Å². The van der Waals surface area contributed by atoms with Crippen LogP contribution < -0.4 is 14.8 Å². The molecule has 2 aromatic rings. The zero-order valence-electron chi connectivity index (χ0n) is 15.2. The molecule has 0 saturated heterocycles. The van der Waals surface area contributed by atoms with Crippen LogP contribution in [0.25, 0.3) is 0 Å². The fourth-order valence-electron chi connectivity index (χ4n) is 2.68. The molecular weight excluding hydrogens is 340 g/mol. The molecule has 9 nitrogen and oxygen atoms in total. The highest BCUT2D eigenvalue weighted by Crippen LogP contribution is 2.27. The summed E-state index contributed by atoms with van der Waals surface area (Å²) in [5.74, 6) is 1.02. The van der Waals surface area contributed by atoms with Gasteiger partial charge >= 0.3 is 5.69 Å². The van der Waals surface area contributed by atoms with Crippen LogP contribution in [-0.4, -0.2) is 41.4 Å². The summed E-state index contributed by atoms with van der Waals surface area (Å²) in [4.78, 5) is 22.6. The van der Waals surface area contributed by atoms with E-state index in [-0.39, 0.29) is 18.1 Å². The summed E-state index contributed by atoms with van der Waals surface area (Å²) >= 11 is 0. The number of ether oxygens (including phenoxy) is 2. The molecule has 0 aliphatic heterocycles. The largest absolute Gasteiger partial charge is 0.493 e. The summed E-state index contributed by atoms with van der Waals surface area (Å²) in [6.45, 7) is 3.49. The quantitative estimate of drug-likeness (QED) is 0.566. The number of carbonyl (C=O) groups is 1. The van der Waals surface area contributed by atoms with E-state index in [9.17, 15) is 14.9 Å². The lowest BCUT2D eigenvalue weighted by Gasteiger charge is -2.10. The molecule has 1 aromatic carbocycles. The number of hydrogen-bond acceptors (Lipinski definition) is 6. The monoisotopic (exact) mass is 362 g/mol. The van der Waals surface area contributed by atoms with Gasteiger partial charge in [0.1, 0.15) is 17.9 Å². The van der Waals surface area contributed by atoms with E-state index in [0.717, 1.165) is 5.56 Å². The van der Waals surface area contributed by atoms with Crippen molar-refractivity contribution in [2.24, 2.45) is 0 Å². The summed E-state index contributed by atoms with van der Waals surface area (Å²) in [6.07, 6.45) is 0.614. The first-order valence-corrected chi connectivity index (χ1v) is 8.03. The molecule has 0 fully saturated rings. The summed E-state index contributed by atoms with van der Waals surface area (Å²) < 4.78 is 11.8. The molecule has 0 aliphatic rings. The number of nitrogens with one attached hydrogen (secondary N) is 1. The van der Waals surface area contributed by atoms with E-state index in [2.05, 4.69) is 10.4 Å². The van der Waals surface area contributed by atoms with Gasteiger partial charge in [0.25, 0.3) is 0 Å². The molecule has 0 bridgehead atoms. The van der Waals surface area contributed by atoms with Gasteiger partial charge < -0.3 is 14.8 Å². The van der Waals surface area contributed by atoms with Gasteiger partial charge in [-0.2, -0.15) is 5.10 Å². The summed E-state index contributed by atoms with van der Waals surface area (Å²) in [5.41, 5.74) is 1.60. The lowest BCUT2D eigenvalue weighted by atomic mass is 10.1. The van der Waals surface area contributed by atoms with E-state index in [1.54, 1.807) is 28.1 Å². The van der Waals surface area contributed by atoms with Crippen molar-refractivity contribution >= 4 is 11.6 Å². The Labute approximate surface area is 151 Å². The summed E-state index contributed by atoms with van der Waals surface area (Å²) in [6, 6.07) is 5.57. The first kappa shape index (κ1) is 19.2. The fourth-order valence-corrected chi connectivity index (χ4v) is 2.68. The minimum Gasteiger partial charge on any atom is -0.493 e. The minimum atomic E-state index is -0.483. The van der Waals surface area contributed by atoms with Crippen molar-refractivity contribution in [1.82, 2.24) is 15.1 Å². The third-order valence-corrected chi connectivity index (χ3v) is 4.00. The van der Waals surface area contributed by atoms with Crippen molar-refractivity contribution in [3.05, 3.63) is 45.3 Å². The molecule has 0 spiro atoms. The molecule has 0 unspecified atom stereocenters. The van der Waals surface area contributed by atoms with Crippen LogP contribution in [0.2, 0.25) is 0 Å². The average Bonchev–Trinajstić information content (AvgIpc) is 2.88. The minimum absolute atomic E-state index is 0.0527. The molecule has 9 heteroatoms. The fraction of sp³-hybridized carbons (Fsp3) is 0.412. The van der Waals surface area contributed by atoms with E-state index >= 15 is 0 Å².